The summed E-state index contributed by atoms with van der Waals surface area (Å²) in [5.41, 5.74) is 12.5. The molecule has 0 spiro atoms. The number of rotatable bonds is 6. The molecule has 1 amide bonds. The number of esters is 1. The molecule has 1 saturated heterocycles. The average Bonchev–Trinajstić information content (AvgIpc) is 3.48. The van der Waals surface area contributed by atoms with Crippen molar-refractivity contribution < 1.29 is 19.1 Å². The van der Waals surface area contributed by atoms with E-state index in [-0.39, 0.29) is 31.2 Å². The van der Waals surface area contributed by atoms with E-state index in [1.165, 1.54) is 6.42 Å². The quantitative estimate of drug-likeness (QED) is 0.357. The fraction of sp³-hybridized carbons (Fsp3) is 0.391. The van der Waals surface area contributed by atoms with Gasteiger partial charge in [0.15, 0.2) is 5.84 Å². The highest BCUT2D eigenvalue weighted by Gasteiger charge is 2.28. The number of aromatic nitrogens is 1. The second-order valence-corrected chi connectivity index (χ2v) is 7.13. The summed E-state index contributed by atoms with van der Waals surface area (Å²) in [6.45, 7) is 4.28. The molecule has 1 aliphatic rings. The summed E-state index contributed by atoms with van der Waals surface area (Å²) < 4.78 is 11.0. The number of nitrogens with one attached hydrogen (secondary N) is 1. The summed E-state index contributed by atoms with van der Waals surface area (Å²) in [6.07, 6.45) is 3.49. The SMILES string of the molecule is CCC.NC=NC(=NC(=O)c1ccccc1)c1ccc(C2CCC(COC(=O)CN)O2)[nH]1. The zero-order valence-electron chi connectivity index (χ0n) is 18.5. The normalized spacial score (nSPS) is 18.3. The molecule has 1 fully saturated rings. The first-order valence-electron chi connectivity index (χ1n) is 10.6. The Kier molecular flexibility index (Phi) is 10.3. The lowest BCUT2D eigenvalue weighted by Gasteiger charge is -2.13. The number of carbonyl (C=O) groups is 2. The van der Waals surface area contributed by atoms with Gasteiger partial charge in [-0.2, -0.15) is 4.99 Å². The van der Waals surface area contributed by atoms with Crippen molar-refractivity contribution in [3.8, 4) is 0 Å². The van der Waals surface area contributed by atoms with E-state index in [0.29, 0.717) is 11.3 Å². The number of H-pyrrole nitrogens is 1. The van der Waals surface area contributed by atoms with Crippen molar-refractivity contribution in [2.24, 2.45) is 21.5 Å². The van der Waals surface area contributed by atoms with Gasteiger partial charge in [-0.15, -0.1) is 0 Å². The van der Waals surface area contributed by atoms with Crippen LogP contribution >= 0.6 is 0 Å². The molecular weight excluding hydrogens is 410 g/mol. The number of amides is 1. The van der Waals surface area contributed by atoms with E-state index in [1.807, 2.05) is 12.1 Å². The van der Waals surface area contributed by atoms with Gasteiger partial charge in [0.1, 0.15) is 6.61 Å². The number of hydrogen-bond donors (Lipinski definition) is 3. The minimum atomic E-state index is -0.456. The Bertz CT molecular complexity index is 923. The van der Waals surface area contributed by atoms with E-state index in [4.69, 9.17) is 20.9 Å². The summed E-state index contributed by atoms with van der Waals surface area (Å²) in [5.74, 6) is -0.692. The molecule has 2 atom stereocenters. The molecule has 2 aromatic rings. The van der Waals surface area contributed by atoms with E-state index >= 15 is 0 Å². The molecule has 1 aliphatic heterocycles. The summed E-state index contributed by atoms with van der Waals surface area (Å²) in [5, 5.41) is 0. The van der Waals surface area contributed by atoms with Crippen molar-refractivity contribution in [2.75, 3.05) is 13.2 Å². The van der Waals surface area contributed by atoms with Crippen LogP contribution in [0.5, 0.6) is 0 Å². The summed E-state index contributed by atoms with van der Waals surface area (Å²) in [4.78, 5) is 34.8. The molecule has 1 aromatic carbocycles. The highest BCUT2D eigenvalue weighted by atomic mass is 16.6. The van der Waals surface area contributed by atoms with Crippen LogP contribution in [0.4, 0.5) is 0 Å². The third-order valence-electron chi connectivity index (χ3n) is 4.43. The number of nitrogens with two attached hydrogens (primary N) is 2. The van der Waals surface area contributed by atoms with Gasteiger partial charge in [-0.1, -0.05) is 38.5 Å². The van der Waals surface area contributed by atoms with Crippen LogP contribution in [0.25, 0.3) is 0 Å². The van der Waals surface area contributed by atoms with Crippen molar-refractivity contribution in [3.05, 3.63) is 59.4 Å². The minimum Gasteiger partial charge on any atom is -0.462 e. The maximum Gasteiger partial charge on any atom is 0.319 e. The van der Waals surface area contributed by atoms with Crippen molar-refractivity contribution in [3.63, 3.8) is 0 Å². The van der Waals surface area contributed by atoms with Crippen LogP contribution in [0.3, 0.4) is 0 Å². The Balaban J connectivity index is 0.00000114. The van der Waals surface area contributed by atoms with Gasteiger partial charge in [-0.05, 0) is 37.1 Å². The molecule has 2 heterocycles. The van der Waals surface area contributed by atoms with Crippen LogP contribution in [0.1, 0.15) is 61.0 Å². The summed E-state index contributed by atoms with van der Waals surface area (Å²) in [6, 6.07) is 12.3. The molecule has 172 valence electrons. The Morgan fingerprint density at radius 3 is 2.56 bits per heavy atom. The van der Waals surface area contributed by atoms with Crippen LogP contribution in [-0.2, 0) is 14.3 Å². The predicted molar refractivity (Wildman–Crippen MR) is 124 cm³/mol. The molecule has 1 aromatic heterocycles. The molecule has 0 radical (unpaired) electrons. The highest BCUT2D eigenvalue weighted by molar-refractivity contribution is 6.10. The van der Waals surface area contributed by atoms with Gasteiger partial charge in [-0.3, -0.25) is 9.59 Å². The standard InChI is InChI=1S/C20H23N5O4.C3H8/c21-10-18(26)28-11-14-6-9-17(29-14)15-7-8-16(24-15)19(23-12-22)25-20(27)13-4-2-1-3-5-13;1-3-2/h1-5,7-8,12,14,17,24H,6,9-11,21H2,(H2,22,23,25,27);3H2,1-2H3. The topological polar surface area (TPSA) is 145 Å². The molecule has 0 aliphatic carbocycles. The van der Waals surface area contributed by atoms with Crippen molar-refractivity contribution >= 4 is 24.1 Å². The molecule has 32 heavy (non-hydrogen) atoms. The largest absolute Gasteiger partial charge is 0.462 e. The second-order valence-electron chi connectivity index (χ2n) is 7.13. The molecule has 2 unspecified atom stereocenters. The lowest BCUT2D eigenvalue weighted by molar-refractivity contribution is -0.145. The van der Waals surface area contributed by atoms with Crippen molar-refractivity contribution in [1.82, 2.24) is 4.98 Å². The van der Waals surface area contributed by atoms with Gasteiger partial charge in [0.25, 0.3) is 5.91 Å². The maximum absolute atomic E-state index is 12.4. The Labute approximate surface area is 187 Å². The fourth-order valence-electron chi connectivity index (χ4n) is 3.00. The van der Waals surface area contributed by atoms with E-state index < -0.39 is 11.9 Å². The maximum atomic E-state index is 12.4. The van der Waals surface area contributed by atoms with Gasteiger partial charge in [0, 0.05) is 11.3 Å². The summed E-state index contributed by atoms with van der Waals surface area (Å²) in [7, 11) is 0. The van der Waals surface area contributed by atoms with Crippen LogP contribution < -0.4 is 11.5 Å². The van der Waals surface area contributed by atoms with E-state index in [9.17, 15) is 9.59 Å². The van der Waals surface area contributed by atoms with Gasteiger partial charge in [-0.25, -0.2) is 4.99 Å². The number of hydrogen-bond acceptors (Lipinski definition) is 5. The first-order chi connectivity index (χ1) is 15.5. The monoisotopic (exact) mass is 441 g/mol. The number of ether oxygens (including phenoxy) is 2. The lowest BCUT2D eigenvalue weighted by Crippen LogP contribution is -2.23. The van der Waals surface area contributed by atoms with E-state index in [2.05, 4.69) is 28.8 Å². The smallest absolute Gasteiger partial charge is 0.319 e. The molecular formula is C23H31N5O4. The Morgan fingerprint density at radius 2 is 1.91 bits per heavy atom. The zero-order valence-corrected chi connectivity index (χ0v) is 18.5. The minimum absolute atomic E-state index is 0.151. The van der Waals surface area contributed by atoms with Crippen molar-refractivity contribution in [1.29, 1.82) is 0 Å². The third kappa shape index (κ3) is 7.44. The number of amidine groups is 1. The van der Waals surface area contributed by atoms with Crippen LogP contribution in [0, 0.1) is 0 Å². The Hall–Kier alpha value is -3.30. The molecule has 3 rings (SSSR count). The third-order valence-corrected chi connectivity index (χ3v) is 4.43. The highest BCUT2D eigenvalue weighted by Crippen LogP contribution is 2.32. The van der Waals surface area contributed by atoms with Crippen LogP contribution in [-0.4, -0.2) is 48.3 Å². The number of aliphatic imine (C=N–C) groups is 2. The molecule has 0 bridgehead atoms. The average molecular weight is 442 g/mol. The Morgan fingerprint density at radius 1 is 1.19 bits per heavy atom. The summed E-state index contributed by atoms with van der Waals surface area (Å²) >= 11 is 0. The predicted octanol–water partition coefficient (Wildman–Crippen LogP) is 2.73. The van der Waals surface area contributed by atoms with Crippen LogP contribution in [0.2, 0.25) is 0 Å². The van der Waals surface area contributed by atoms with E-state index in [1.54, 1.807) is 30.3 Å². The zero-order chi connectivity index (χ0) is 23.3. The van der Waals surface area contributed by atoms with Gasteiger partial charge in [0.2, 0.25) is 0 Å². The van der Waals surface area contributed by atoms with Gasteiger partial charge >= 0.3 is 5.97 Å². The van der Waals surface area contributed by atoms with E-state index in [0.717, 1.165) is 24.9 Å². The number of carbonyl (C=O) groups excluding carboxylic acids is 2. The molecule has 5 N–H and O–H groups in total. The van der Waals surface area contributed by atoms with Gasteiger partial charge < -0.3 is 25.9 Å². The molecule has 9 nitrogen and oxygen atoms in total. The molecule has 0 saturated carbocycles. The number of aromatic amines is 1. The number of nitrogens with zero attached hydrogens (tertiary/aromatic N) is 2. The first kappa shape index (κ1) is 25.0. The van der Waals surface area contributed by atoms with Crippen molar-refractivity contribution in [2.45, 2.75) is 45.3 Å². The number of benzene rings is 1. The fourth-order valence-corrected chi connectivity index (χ4v) is 3.00. The lowest BCUT2D eigenvalue weighted by atomic mass is 10.1. The first-order valence-corrected chi connectivity index (χ1v) is 10.6. The van der Waals surface area contributed by atoms with Crippen LogP contribution in [0.15, 0.2) is 52.4 Å². The second kappa shape index (κ2) is 13.2. The molecule has 9 heteroatoms. The van der Waals surface area contributed by atoms with Gasteiger partial charge in [0.05, 0.1) is 30.8 Å².